The molecule has 4 nitrogen and oxygen atoms in total. The number of amidine groups is 1. The molecule has 0 aromatic rings. The number of ether oxygens (including phenoxy) is 1. The quantitative estimate of drug-likeness (QED) is 0.233. The van der Waals surface area contributed by atoms with E-state index in [1.54, 1.807) is 21.0 Å². The Bertz CT molecular complexity index is 119. The van der Waals surface area contributed by atoms with Gasteiger partial charge in [-0.1, -0.05) is 0 Å². The summed E-state index contributed by atoms with van der Waals surface area (Å²) in [5.41, 5.74) is 4.81. The van der Waals surface area contributed by atoms with Gasteiger partial charge < -0.3 is 16.3 Å². The lowest BCUT2D eigenvalue weighted by molar-refractivity contribution is 0.0815. The van der Waals surface area contributed by atoms with Crippen LogP contribution in [-0.4, -0.2) is 18.5 Å². The van der Waals surface area contributed by atoms with Crippen LogP contribution in [0.5, 0.6) is 0 Å². The Morgan fingerprint density at radius 2 is 2.00 bits per heavy atom. The third kappa shape index (κ3) is 1.89. The Morgan fingerprint density at radius 3 is 2.11 bits per heavy atom. The lowest BCUT2D eigenvalue weighted by Gasteiger charge is -2.20. The molecule has 9 heavy (non-hydrogen) atoms. The monoisotopic (exact) mass is 131 g/mol. The molecule has 0 aliphatic heterocycles. The van der Waals surface area contributed by atoms with Crippen molar-refractivity contribution >= 4 is 5.84 Å². The molecule has 0 fully saturated rings. The van der Waals surface area contributed by atoms with E-state index in [-0.39, 0.29) is 0 Å². The second kappa shape index (κ2) is 2.68. The molecule has 4 heteroatoms. The van der Waals surface area contributed by atoms with Crippen molar-refractivity contribution in [3.05, 3.63) is 0 Å². The highest BCUT2D eigenvalue weighted by atomic mass is 16.5. The van der Waals surface area contributed by atoms with Gasteiger partial charge in [0.05, 0.1) is 0 Å². The van der Waals surface area contributed by atoms with Crippen LogP contribution >= 0.6 is 0 Å². The number of rotatable bonds is 2. The van der Waals surface area contributed by atoms with E-state index < -0.39 is 5.60 Å². The first kappa shape index (κ1) is 8.23. The van der Waals surface area contributed by atoms with Crippen LogP contribution in [0, 0.1) is 0 Å². The molecule has 4 N–H and O–H groups in total. The summed E-state index contributed by atoms with van der Waals surface area (Å²) in [6, 6.07) is 0. The molecule has 0 heterocycles. The summed E-state index contributed by atoms with van der Waals surface area (Å²) < 4.78 is 4.95. The van der Waals surface area contributed by atoms with Crippen molar-refractivity contribution in [2.45, 2.75) is 19.4 Å². The Hall–Kier alpha value is -0.770. The SMILES string of the molecule is COC(C)(C)C(N)=NN. The lowest BCUT2D eigenvalue weighted by Crippen LogP contribution is -2.40. The Labute approximate surface area is 54.9 Å². The predicted octanol–water partition coefficient (Wildman–Crippen LogP) is -0.358. The van der Waals surface area contributed by atoms with Gasteiger partial charge in [-0.05, 0) is 13.8 Å². The van der Waals surface area contributed by atoms with Crippen molar-refractivity contribution < 1.29 is 4.74 Å². The molecular formula is C5H13N3O. The molecule has 0 aliphatic carbocycles. The van der Waals surface area contributed by atoms with E-state index in [4.69, 9.17) is 16.3 Å². The van der Waals surface area contributed by atoms with Gasteiger partial charge in [-0.25, -0.2) is 0 Å². The maximum Gasteiger partial charge on any atom is 0.151 e. The molecule has 0 amide bonds. The van der Waals surface area contributed by atoms with Crippen LogP contribution in [0.2, 0.25) is 0 Å². The van der Waals surface area contributed by atoms with E-state index in [0.717, 1.165) is 0 Å². The number of nitrogens with zero attached hydrogens (tertiary/aromatic N) is 1. The minimum Gasteiger partial charge on any atom is -0.383 e. The van der Waals surface area contributed by atoms with Gasteiger partial charge >= 0.3 is 0 Å². The van der Waals surface area contributed by atoms with E-state index in [1.807, 2.05) is 0 Å². The van der Waals surface area contributed by atoms with Gasteiger partial charge in [0, 0.05) is 7.11 Å². The van der Waals surface area contributed by atoms with Crippen molar-refractivity contribution in [1.29, 1.82) is 0 Å². The van der Waals surface area contributed by atoms with Crippen molar-refractivity contribution in [3.8, 4) is 0 Å². The zero-order valence-electron chi connectivity index (χ0n) is 6.01. The van der Waals surface area contributed by atoms with Gasteiger partial charge in [0.2, 0.25) is 0 Å². The van der Waals surface area contributed by atoms with Crippen molar-refractivity contribution in [2.75, 3.05) is 7.11 Å². The first-order valence-electron chi connectivity index (χ1n) is 2.63. The topological polar surface area (TPSA) is 73.6 Å². The fourth-order valence-corrected chi connectivity index (χ4v) is 0.260. The van der Waals surface area contributed by atoms with E-state index in [0.29, 0.717) is 5.84 Å². The van der Waals surface area contributed by atoms with E-state index in [9.17, 15) is 0 Å². The van der Waals surface area contributed by atoms with Crippen LogP contribution in [-0.2, 0) is 4.74 Å². The summed E-state index contributed by atoms with van der Waals surface area (Å²) in [5.74, 6) is 5.21. The summed E-state index contributed by atoms with van der Waals surface area (Å²) in [6.07, 6.45) is 0. The molecule has 0 aromatic heterocycles. The molecule has 0 bridgehead atoms. The third-order valence-electron chi connectivity index (χ3n) is 1.27. The number of hydrogen-bond donors (Lipinski definition) is 2. The molecule has 0 aromatic carbocycles. The summed E-state index contributed by atoms with van der Waals surface area (Å²) in [4.78, 5) is 0. The van der Waals surface area contributed by atoms with Crippen LogP contribution in [0.15, 0.2) is 5.10 Å². The van der Waals surface area contributed by atoms with E-state index >= 15 is 0 Å². The summed E-state index contributed by atoms with van der Waals surface area (Å²) in [5, 5.41) is 3.30. The third-order valence-corrected chi connectivity index (χ3v) is 1.27. The normalized spacial score (nSPS) is 13.9. The fraction of sp³-hybridized carbons (Fsp3) is 0.800. The summed E-state index contributed by atoms with van der Waals surface area (Å²) in [7, 11) is 1.55. The molecule has 0 aliphatic rings. The minimum absolute atomic E-state index is 0.296. The van der Waals surface area contributed by atoms with E-state index in [1.165, 1.54) is 0 Å². The molecule has 0 atom stereocenters. The highest BCUT2D eigenvalue weighted by molar-refractivity contribution is 5.87. The number of hydrazone groups is 1. The van der Waals surface area contributed by atoms with Gasteiger partial charge in [-0.3, -0.25) is 0 Å². The molecule has 0 saturated heterocycles. The van der Waals surface area contributed by atoms with Gasteiger partial charge in [0.1, 0.15) is 5.60 Å². The Morgan fingerprint density at radius 1 is 1.56 bits per heavy atom. The second-order valence-corrected chi connectivity index (χ2v) is 2.23. The van der Waals surface area contributed by atoms with Crippen molar-refractivity contribution in [2.24, 2.45) is 16.7 Å². The zero-order valence-corrected chi connectivity index (χ0v) is 6.01. The first-order valence-corrected chi connectivity index (χ1v) is 2.63. The Kier molecular flexibility index (Phi) is 2.45. The molecule has 54 valence electrons. The molecule has 0 rings (SSSR count). The van der Waals surface area contributed by atoms with Crippen LogP contribution in [0.4, 0.5) is 0 Å². The maximum atomic E-state index is 5.36. The smallest absolute Gasteiger partial charge is 0.151 e. The average molecular weight is 131 g/mol. The molecule has 0 saturated carbocycles. The zero-order chi connectivity index (χ0) is 7.49. The Balaban J connectivity index is 4.14. The molecule has 0 radical (unpaired) electrons. The van der Waals surface area contributed by atoms with Gasteiger partial charge in [0.15, 0.2) is 5.84 Å². The average Bonchev–Trinajstić information content (AvgIpc) is 1.86. The number of hydrogen-bond acceptors (Lipinski definition) is 3. The van der Waals surface area contributed by atoms with Crippen LogP contribution in [0.1, 0.15) is 13.8 Å². The molecule has 0 spiro atoms. The molecular weight excluding hydrogens is 118 g/mol. The number of nitrogens with two attached hydrogens (primary N) is 2. The second-order valence-electron chi connectivity index (χ2n) is 2.23. The lowest BCUT2D eigenvalue weighted by atomic mass is 10.1. The largest absolute Gasteiger partial charge is 0.383 e. The van der Waals surface area contributed by atoms with Gasteiger partial charge in [0.25, 0.3) is 0 Å². The highest BCUT2D eigenvalue weighted by Crippen LogP contribution is 2.05. The highest BCUT2D eigenvalue weighted by Gasteiger charge is 2.20. The van der Waals surface area contributed by atoms with Crippen LogP contribution < -0.4 is 11.6 Å². The minimum atomic E-state index is -0.547. The first-order chi connectivity index (χ1) is 4.04. The van der Waals surface area contributed by atoms with Crippen LogP contribution in [0.3, 0.4) is 0 Å². The standard InChI is InChI=1S/C5H13N3O/c1-5(2,9-3)4(6)8-7/h7H2,1-3H3,(H2,6,8). The van der Waals surface area contributed by atoms with Crippen LogP contribution in [0.25, 0.3) is 0 Å². The maximum absolute atomic E-state index is 5.36. The summed E-state index contributed by atoms with van der Waals surface area (Å²) >= 11 is 0. The summed E-state index contributed by atoms with van der Waals surface area (Å²) in [6.45, 7) is 3.58. The van der Waals surface area contributed by atoms with E-state index in [2.05, 4.69) is 5.10 Å². The predicted molar refractivity (Wildman–Crippen MR) is 36.9 cm³/mol. The number of methoxy groups -OCH3 is 1. The van der Waals surface area contributed by atoms with Gasteiger partial charge in [-0.15, -0.1) is 0 Å². The van der Waals surface area contributed by atoms with Crippen molar-refractivity contribution in [1.82, 2.24) is 0 Å². The van der Waals surface area contributed by atoms with Crippen molar-refractivity contribution in [3.63, 3.8) is 0 Å². The fourth-order valence-electron chi connectivity index (χ4n) is 0.260. The van der Waals surface area contributed by atoms with Gasteiger partial charge in [-0.2, -0.15) is 5.10 Å². The molecule has 0 unspecified atom stereocenters.